The summed E-state index contributed by atoms with van der Waals surface area (Å²) in [6, 6.07) is 15.6. The zero-order chi connectivity index (χ0) is 17.8. The summed E-state index contributed by atoms with van der Waals surface area (Å²) in [4.78, 5) is 14.0. The first kappa shape index (κ1) is 17.3. The van der Waals surface area contributed by atoms with E-state index in [0.29, 0.717) is 11.1 Å². The second-order valence-corrected chi connectivity index (χ2v) is 7.29. The number of thiophene rings is 1. The number of thioether (sulfide) groups is 1. The van der Waals surface area contributed by atoms with Crippen LogP contribution in [0.1, 0.15) is 17.7 Å². The first-order valence-corrected chi connectivity index (χ1v) is 9.82. The summed E-state index contributed by atoms with van der Waals surface area (Å²) >= 11 is 3.04. The van der Waals surface area contributed by atoms with Gasteiger partial charge >= 0.3 is 0 Å². The molecule has 1 aromatic carbocycles. The van der Waals surface area contributed by atoms with Crippen LogP contribution in [0, 0.1) is 11.3 Å². The van der Waals surface area contributed by atoms with Crippen LogP contribution >= 0.6 is 23.1 Å². The maximum Gasteiger partial charge on any atom is 0.254 e. The fourth-order valence-corrected chi connectivity index (χ4v) is 4.32. The lowest BCUT2D eigenvalue weighted by atomic mass is 9.86. The quantitative estimate of drug-likeness (QED) is 0.838. The van der Waals surface area contributed by atoms with E-state index in [4.69, 9.17) is 0 Å². The van der Waals surface area contributed by atoms with Gasteiger partial charge in [0.05, 0.1) is 22.6 Å². The lowest BCUT2D eigenvalue weighted by Crippen LogP contribution is -2.30. The summed E-state index contributed by atoms with van der Waals surface area (Å²) in [6.45, 7) is 1.88. The lowest BCUT2D eigenvalue weighted by Gasteiger charge is -2.28. The van der Waals surface area contributed by atoms with Crippen molar-refractivity contribution in [2.75, 3.05) is 11.6 Å². The van der Waals surface area contributed by atoms with Gasteiger partial charge in [0.1, 0.15) is 0 Å². The molecule has 0 unspecified atom stereocenters. The molecule has 0 spiro atoms. The zero-order valence-corrected chi connectivity index (χ0v) is 15.5. The Morgan fingerprint density at radius 2 is 2.04 bits per heavy atom. The van der Waals surface area contributed by atoms with Gasteiger partial charge in [-0.1, -0.05) is 24.3 Å². The summed E-state index contributed by atoms with van der Waals surface area (Å²) < 4.78 is 0. The van der Waals surface area contributed by atoms with Crippen LogP contribution in [0.5, 0.6) is 0 Å². The van der Waals surface area contributed by atoms with Crippen LogP contribution in [0.3, 0.4) is 0 Å². The number of rotatable bonds is 4. The third kappa shape index (κ3) is 3.48. The van der Waals surface area contributed by atoms with E-state index >= 15 is 0 Å². The summed E-state index contributed by atoms with van der Waals surface area (Å²) in [6.07, 6.45) is 1.92. The van der Waals surface area contributed by atoms with Crippen molar-refractivity contribution in [1.82, 2.24) is 5.32 Å². The SMILES string of the molecule is CSC1=C(C#N)[C@H](c2cccs2)C(C(=O)Nc2ccccc2)=C(C)N1. The van der Waals surface area contributed by atoms with Gasteiger partial charge in [-0.05, 0) is 36.8 Å². The van der Waals surface area contributed by atoms with Gasteiger partial charge in [-0.3, -0.25) is 4.79 Å². The van der Waals surface area contributed by atoms with Crippen LogP contribution in [0.15, 0.2) is 69.7 Å². The molecule has 0 saturated heterocycles. The van der Waals surface area contributed by atoms with Crippen LogP contribution in [-0.2, 0) is 4.79 Å². The smallest absolute Gasteiger partial charge is 0.254 e. The number of allylic oxidation sites excluding steroid dienone is 2. The number of para-hydroxylation sites is 1. The van der Waals surface area contributed by atoms with Crippen molar-refractivity contribution in [3.05, 3.63) is 74.6 Å². The average molecular weight is 367 g/mol. The zero-order valence-electron chi connectivity index (χ0n) is 13.9. The highest BCUT2D eigenvalue weighted by molar-refractivity contribution is 8.02. The maximum absolute atomic E-state index is 13.0. The Labute approximate surface area is 155 Å². The molecular weight excluding hydrogens is 350 g/mol. The molecule has 1 aliphatic rings. The van der Waals surface area contributed by atoms with E-state index in [1.165, 1.54) is 11.8 Å². The van der Waals surface area contributed by atoms with E-state index in [2.05, 4.69) is 16.7 Å². The fourth-order valence-electron chi connectivity index (χ4n) is 2.83. The van der Waals surface area contributed by atoms with Gasteiger partial charge in [-0.25, -0.2) is 0 Å². The van der Waals surface area contributed by atoms with Crippen LogP contribution < -0.4 is 10.6 Å². The highest BCUT2D eigenvalue weighted by Gasteiger charge is 2.34. The van der Waals surface area contributed by atoms with Gasteiger partial charge in [0.15, 0.2) is 0 Å². The van der Waals surface area contributed by atoms with E-state index in [-0.39, 0.29) is 11.8 Å². The highest BCUT2D eigenvalue weighted by Crippen LogP contribution is 2.41. The van der Waals surface area contributed by atoms with Crippen LogP contribution in [0.4, 0.5) is 5.69 Å². The van der Waals surface area contributed by atoms with Crippen LogP contribution in [-0.4, -0.2) is 12.2 Å². The summed E-state index contributed by atoms with van der Waals surface area (Å²) in [5, 5.41) is 18.7. The Bertz CT molecular complexity index is 877. The second kappa shape index (κ2) is 7.60. The highest BCUT2D eigenvalue weighted by atomic mass is 32.2. The normalized spacial score (nSPS) is 17.1. The predicted octanol–water partition coefficient (Wildman–Crippen LogP) is 4.45. The molecule has 1 aromatic heterocycles. The molecular formula is C19H17N3OS2. The van der Waals surface area contributed by atoms with Crippen molar-refractivity contribution in [2.24, 2.45) is 0 Å². The average Bonchev–Trinajstić information content (AvgIpc) is 3.15. The molecule has 1 atom stereocenters. The number of benzene rings is 1. The Balaban J connectivity index is 2.03. The molecule has 1 amide bonds. The molecule has 0 bridgehead atoms. The van der Waals surface area contributed by atoms with E-state index in [0.717, 1.165) is 21.3 Å². The maximum atomic E-state index is 13.0. The Hall–Kier alpha value is -2.49. The molecule has 1 aliphatic heterocycles. The predicted molar refractivity (Wildman–Crippen MR) is 104 cm³/mol. The van der Waals surface area contributed by atoms with Crippen molar-refractivity contribution in [3.63, 3.8) is 0 Å². The topological polar surface area (TPSA) is 64.9 Å². The van der Waals surface area contributed by atoms with Crippen molar-refractivity contribution in [3.8, 4) is 6.07 Å². The van der Waals surface area contributed by atoms with E-state index in [1.54, 1.807) is 11.3 Å². The van der Waals surface area contributed by atoms with Crippen molar-refractivity contribution in [1.29, 1.82) is 5.26 Å². The van der Waals surface area contributed by atoms with Crippen LogP contribution in [0.25, 0.3) is 0 Å². The number of hydrogen-bond acceptors (Lipinski definition) is 5. The number of hydrogen-bond donors (Lipinski definition) is 2. The van der Waals surface area contributed by atoms with Gasteiger partial charge in [-0.15, -0.1) is 23.1 Å². The molecule has 0 radical (unpaired) electrons. The minimum absolute atomic E-state index is 0.192. The molecule has 0 aliphatic carbocycles. The minimum Gasteiger partial charge on any atom is -0.353 e. The third-order valence-corrected chi connectivity index (χ3v) is 5.62. The van der Waals surface area contributed by atoms with Gasteiger partial charge in [0.2, 0.25) is 0 Å². The molecule has 0 saturated carbocycles. The van der Waals surface area contributed by atoms with E-state index < -0.39 is 0 Å². The summed E-state index contributed by atoms with van der Waals surface area (Å²) in [7, 11) is 0. The molecule has 4 nitrogen and oxygen atoms in total. The Kier molecular flexibility index (Phi) is 5.27. The minimum atomic E-state index is -0.350. The number of carbonyl (C=O) groups excluding carboxylic acids is 1. The summed E-state index contributed by atoms with van der Waals surface area (Å²) in [5.41, 5.74) is 2.67. The van der Waals surface area contributed by atoms with Gasteiger partial charge in [-0.2, -0.15) is 5.26 Å². The molecule has 6 heteroatoms. The fraction of sp³-hybridized carbons (Fsp3) is 0.158. The molecule has 3 rings (SSSR count). The molecule has 126 valence electrons. The number of nitriles is 1. The second-order valence-electron chi connectivity index (χ2n) is 5.49. The first-order chi connectivity index (χ1) is 12.2. The van der Waals surface area contributed by atoms with Gasteiger partial charge in [0.25, 0.3) is 5.91 Å². The largest absolute Gasteiger partial charge is 0.353 e. The van der Waals surface area contributed by atoms with Gasteiger partial charge in [0, 0.05) is 21.8 Å². The number of amides is 1. The monoisotopic (exact) mass is 367 g/mol. The number of nitrogens with one attached hydrogen (secondary N) is 2. The third-order valence-electron chi connectivity index (χ3n) is 3.96. The first-order valence-electron chi connectivity index (χ1n) is 7.71. The Morgan fingerprint density at radius 1 is 1.28 bits per heavy atom. The number of nitrogens with zero attached hydrogens (tertiary/aromatic N) is 1. The number of dihydropyridines is 1. The van der Waals surface area contributed by atoms with Crippen molar-refractivity contribution in [2.45, 2.75) is 12.8 Å². The lowest BCUT2D eigenvalue weighted by molar-refractivity contribution is -0.113. The molecule has 2 aromatic rings. The molecule has 25 heavy (non-hydrogen) atoms. The number of carbonyl (C=O) groups is 1. The number of anilines is 1. The summed E-state index contributed by atoms with van der Waals surface area (Å²) in [5.74, 6) is -0.542. The van der Waals surface area contributed by atoms with Crippen molar-refractivity contribution < 1.29 is 4.79 Å². The molecule has 2 heterocycles. The van der Waals surface area contributed by atoms with Crippen molar-refractivity contribution >= 4 is 34.7 Å². The van der Waals surface area contributed by atoms with Crippen LogP contribution in [0.2, 0.25) is 0 Å². The van der Waals surface area contributed by atoms with E-state index in [9.17, 15) is 10.1 Å². The Morgan fingerprint density at radius 3 is 2.64 bits per heavy atom. The van der Waals surface area contributed by atoms with E-state index in [1.807, 2.05) is 61.0 Å². The molecule has 2 N–H and O–H groups in total. The standard InChI is InChI=1S/C19H17N3OS2/c1-12-16(18(23)22-13-7-4-3-5-8-13)17(15-9-6-10-25-15)14(11-20)19(21-12)24-2/h3-10,17,21H,1-2H3,(H,22,23)/t17-/m1/s1. The van der Waals surface area contributed by atoms with Gasteiger partial charge < -0.3 is 10.6 Å². The molecule has 0 fully saturated rings.